The molecule has 1 heterocycles. The van der Waals surface area contributed by atoms with Gasteiger partial charge in [-0.05, 0) is 42.5 Å². The average Bonchev–Trinajstić information content (AvgIpc) is 3.11. The van der Waals surface area contributed by atoms with Crippen LogP contribution in [0.2, 0.25) is 0 Å². The van der Waals surface area contributed by atoms with E-state index in [0.717, 1.165) is 23.8 Å². The van der Waals surface area contributed by atoms with Gasteiger partial charge in [-0.15, -0.1) is 24.0 Å². The van der Waals surface area contributed by atoms with Crippen LogP contribution < -0.4 is 16.0 Å². The summed E-state index contributed by atoms with van der Waals surface area (Å²) in [6.45, 7) is 0.501. The standard InChI is InChI=1S/C17H24N6.HI/c1-22(2)17-20-11-15(23(17)3)10-19-16(18)21-14-8-7-12-5-4-6-13(12)9-14;/h7-9,11H,4-6,10H2,1-3H3,(H3,18,19,21);1H. The number of nitrogens with one attached hydrogen (secondary N) is 1. The van der Waals surface area contributed by atoms with Crippen LogP contribution in [0.5, 0.6) is 0 Å². The Balaban J connectivity index is 0.00000208. The van der Waals surface area contributed by atoms with E-state index in [1.54, 1.807) is 0 Å². The zero-order valence-electron chi connectivity index (χ0n) is 14.4. The average molecular weight is 440 g/mol. The van der Waals surface area contributed by atoms with Gasteiger partial charge in [-0.25, -0.2) is 9.98 Å². The molecule has 6 nitrogen and oxygen atoms in total. The van der Waals surface area contributed by atoms with E-state index in [1.807, 2.05) is 36.8 Å². The fourth-order valence-electron chi connectivity index (χ4n) is 3.00. The number of rotatable bonds is 4. The maximum absolute atomic E-state index is 6.01. The molecule has 1 aromatic carbocycles. The van der Waals surface area contributed by atoms with E-state index >= 15 is 0 Å². The number of aliphatic imine (C=N–C) groups is 1. The molecule has 24 heavy (non-hydrogen) atoms. The summed E-state index contributed by atoms with van der Waals surface area (Å²) in [7, 11) is 5.93. The van der Waals surface area contributed by atoms with Crippen molar-refractivity contribution in [1.82, 2.24) is 9.55 Å². The molecule has 0 atom stereocenters. The Bertz CT molecular complexity index is 735. The van der Waals surface area contributed by atoms with Crippen molar-refractivity contribution in [2.75, 3.05) is 24.3 Å². The normalized spacial score (nSPS) is 13.4. The van der Waals surface area contributed by atoms with Gasteiger partial charge in [0, 0.05) is 26.8 Å². The Morgan fingerprint density at radius 1 is 1.33 bits per heavy atom. The molecule has 1 aromatic heterocycles. The topological polar surface area (TPSA) is 71.5 Å². The molecule has 7 heteroatoms. The van der Waals surface area contributed by atoms with Crippen molar-refractivity contribution >= 4 is 41.6 Å². The Kier molecular flexibility index (Phi) is 6.09. The van der Waals surface area contributed by atoms with Gasteiger partial charge in [0.05, 0.1) is 18.4 Å². The molecule has 0 spiro atoms. The minimum absolute atomic E-state index is 0. The van der Waals surface area contributed by atoms with Gasteiger partial charge in [-0.3, -0.25) is 0 Å². The number of benzene rings is 1. The number of aromatic nitrogens is 2. The first kappa shape index (κ1) is 18.6. The van der Waals surface area contributed by atoms with Gasteiger partial charge in [-0.2, -0.15) is 0 Å². The molecule has 0 radical (unpaired) electrons. The zero-order valence-corrected chi connectivity index (χ0v) is 16.7. The van der Waals surface area contributed by atoms with Crippen molar-refractivity contribution < 1.29 is 0 Å². The van der Waals surface area contributed by atoms with Gasteiger partial charge in [0.2, 0.25) is 5.95 Å². The lowest BCUT2D eigenvalue weighted by Gasteiger charge is -2.12. The summed E-state index contributed by atoms with van der Waals surface area (Å²) >= 11 is 0. The second-order valence-corrected chi connectivity index (χ2v) is 6.17. The number of aryl methyl sites for hydroxylation is 2. The van der Waals surface area contributed by atoms with Crippen LogP contribution in [0.3, 0.4) is 0 Å². The summed E-state index contributed by atoms with van der Waals surface area (Å²) in [6, 6.07) is 6.43. The molecule has 0 unspecified atom stereocenters. The molecule has 2 aromatic rings. The fourth-order valence-corrected chi connectivity index (χ4v) is 3.00. The molecule has 3 rings (SSSR count). The van der Waals surface area contributed by atoms with Gasteiger partial charge in [-0.1, -0.05) is 6.07 Å². The molecule has 3 N–H and O–H groups in total. The van der Waals surface area contributed by atoms with E-state index in [1.165, 1.54) is 24.0 Å². The maximum atomic E-state index is 6.01. The second-order valence-electron chi connectivity index (χ2n) is 6.17. The van der Waals surface area contributed by atoms with Crippen LogP contribution >= 0.6 is 24.0 Å². The highest BCUT2D eigenvalue weighted by atomic mass is 127. The minimum Gasteiger partial charge on any atom is -0.370 e. The van der Waals surface area contributed by atoms with E-state index in [2.05, 4.69) is 33.5 Å². The Morgan fingerprint density at radius 3 is 2.79 bits per heavy atom. The number of nitrogens with two attached hydrogens (primary N) is 1. The first-order valence-corrected chi connectivity index (χ1v) is 7.91. The lowest BCUT2D eigenvalue weighted by molar-refractivity contribution is 0.801. The summed E-state index contributed by atoms with van der Waals surface area (Å²) in [5, 5.41) is 3.18. The molecule has 1 aliphatic carbocycles. The number of nitrogens with zero attached hydrogens (tertiary/aromatic N) is 4. The monoisotopic (exact) mass is 440 g/mol. The summed E-state index contributed by atoms with van der Waals surface area (Å²) in [6.07, 6.45) is 5.43. The Hall–Kier alpha value is -1.77. The van der Waals surface area contributed by atoms with Crippen LogP contribution in [0.4, 0.5) is 11.6 Å². The third-order valence-electron chi connectivity index (χ3n) is 4.24. The zero-order chi connectivity index (χ0) is 16.4. The Labute approximate surface area is 160 Å². The molecular formula is C17H25IN6. The van der Waals surface area contributed by atoms with Gasteiger partial charge in [0.1, 0.15) is 0 Å². The smallest absolute Gasteiger partial charge is 0.204 e. The first-order chi connectivity index (χ1) is 11.0. The van der Waals surface area contributed by atoms with E-state index in [9.17, 15) is 0 Å². The van der Waals surface area contributed by atoms with Crippen LogP contribution in [-0.2, 0) is 26.4 Å². The highest BCUT2D eigenvalue weighted by Crippen LogP contribution is 2.24. The predicted molar refractivity (Wildman–Crippen MR) is 110 cm³/mol. The largest absolute Gasteiger partial charge is 0.370 e. The first-order valence-electron chi connectivity index (χ1n) is 7.91. The second kappa shape index (κ2) is 7.87. The molecule has 0 bridgehead atoms. The molecule has 0 aliphatic heterocycles. The summed E-state index contributed by atoms with van der Waals surface area (Å²) in [4.78, 5) is 10.8. The van der Waals surface area contributed by atoms with Crippen LogP contribution in [0.15, 0.2) is 29.4 Å². The Morgan fingerprint density at radius 2 is 2.08 bits per heavy atom. The fraction of sp³-hybridized carbons (Fsp3) is 0.412. The van der Waals surface area contributed by atoms with E-state index < -0.39 is 0 Å². The number of hydrogen-bond donors (Lipinski definition) is 2. The molecular weight excluding hydrogens is 415 g/mol. The molecule has 1 aliphatic rings. The number of halogens is 1. The van der Waals surface area contributed by atoms with Gasteiger partial charge < -0.3 is 20.5 Å². The van der Waals surface area contributed by atoms with Crippen molar-refractivity contribution in [2.45, 2.75) is 25.8 Å². The maximum Gasteiger partial charge on any atom is 0.204 e. The summed E-state index contributed by atoms with van der Waals surface area (Å²) < 4.78 is 2.02. The predicted octanol–water partition coefficient (Wildman–Crippen LogP) is 2.52. The molecule has 0 saturated heterocycles. The van der Waals surface area contributed by atoms with Crippen LogP contribution in [0, 0.1) is 0 Å². The highest BCUT2D eigenvalue weighted by molar-refractivity contribution is 14.0. The van der Waals surface area contributed by atoms with Crippen LogP contribution in [-0.4, -0.2) is 29.6 Å². The van der Waals surface area contributed by atoms with E-state index in [-0.39, 0.29) is 24.0 Å². The highest BCUT2D eigenvalue weighted by Gasteiger charge is 2.11. The number of guanidine groups is 1. The van der Waals surface area contributed by atoms with Gasteiger partial charge >= 0.3 is 0 Å². The molecule has 0 saturated carbocycles. The van der Waals surface area contributed by atoms with Gasteiger partial charge in [0.25, 0.3) is 0 Å². The number of hydrogen-bond acceptors (Lipinski definition) is 3. The molecule has 0 fully saturated rings. The van der Waals surface area contributed by atoms with Crippen molar-refractivity contribution in [3.05, 3.63) is 41.2 Å². The molecule has 130 valence electrons. The van der Waals surface area contributed by atoms with E-state index in [4.69, 9.17) is 5.73 Å². The van der Waals surface area contributed by atoms with Gasteiger partial charge in [0.15, 0.2) is 5.96 Å². The van der Waals surface area contributed by atoms with Crippen molar-refractivity contribution in [2.24, 2.45) is 17.8 Å². The van der Waals surface area contributed by atoms with Crippen molar-refractivity contribution in [3.8, 4) is 0 Å². The molecule has 0 amide bonds. The quantitative estimate of drug-likeness (QED) is 0.436. The number of imidazole rings is 1. The summed E-state index contributed by atoms with van der Waals surface area (Å²) in [5.74, 6) is 1.33. The SMILES string of the molecule is CN(C)c1ncc(CN=C(N)Nc2ccc3c(c2)CCC3)n1C.I. The number of anilines is 2. The third kappa shape index (κ3) is 4.00. The van der Waals surface area contributed by atoms with Crippen LogP contribution in [0.25, 0.3) is 0 Å². The third-order valence-corrected chi connectivity index (χ3v) is 4.24. The van der Waals surface area contributed by atoms with Crippen molar-refractivity contribution in [3.63, 3.8) is 0 Å². The van der Waals surface area contributed by atoms with Crippen LogP contribution in [0.1, 0.15) is 23.2 Å². The number of fused-ring (bicyclic) bond motifs is 1. The summed E-state index contributed by atoms with van der Waals surface area (Å²) in [5.41, 5.74) is 10.9. The lowest BCUT2D eigenvalue weighted by Crippen LogP contribution is -2.23. The minimum atomic E-state index is 0. The lowest BCUT2D eigenvalue weighted by atomic mass is 10.1. The van der Waals surface area contributed by atoms with Crippen molar-refractivity contribution in [1.29, 1.82) is 0 Å². The van der Waals surface area contributed by atoms with E-state index in [0.29, 0.717) is 12.5 Å².